The summed E-state index contributed by atoms with van der Waals surface area (Å²) in [4.78, 5) is 21.3. The maximum Gasteiger partial charge on any atom is 0.319 e. The summed E-state index contributed by atoms with van der Waals surface area (Å²) in [5.41, 5.74) is 4.85. The number of amides is 2. The Morgan fingerprint density at radius 3 is 2.67 bits per heavy atom. The van der Waals surface area contributed by atoms with Gasteiger partial charge in [-0.15, -0.1) is 0 Å². The largest absolute Gasteiger partial charge is 0.465 e. The maximum absolute atomic E-state index is 11.0. The van der Waals surface area contributed by atoms with Gasteiger partial charge in [-0.3, -0.25) is 4.79 Å². The first-order valence-corrected chi connectivity index (χ1v) is 5.06. The van der Waals surface area contributed by atoms with Crippen LogP contribution >= 0.6 is 0 Å². The average molecular weight is 217 g/mol. The van der Waals surface area contributed by atoms with E-state index < -0.39 is 6.03 Å². The quantitative estimate of drug-likeness (QED) is 0.380. The zero-order chi connectivity index (χ0) is 11.5. The van der Waals surface area contributed by atoms with E-state index in [-0.39, 0.29) is 12.5 Å². The molecule has 0 radical (unpaired) electrons. The number of rotatable bonds is 8. The van der Waals surface area contributed by atoms with Crippen molar-refractivity contribution in [1.29, 1.82) is 0 Å². The summed E-state index contributed by atoms with van der Waals surface area (Å²) in [6.45, 7) is 3.55. The van der Waals surface area contributed by atoms with Gasteiger partial charge in [-0.2, -0.15) is 0 Å². The molecule has 6 heteroatoms. The molecule has 0 heterocycles. The molecule has 0 aromatic heterocycles. The minimum Gasteiger partial charge on any atom is -0.465 e. The highest BCUT2D eigenvalue weighted by Gasteiger charge is 2.00. The van der Waals surface area contributed by atoms with Gasteiger partial charge in [0, 0.05) is 13.1 Å². The molecule has 0 saturated carbocycles. The summed E-state index contributed by atoms with van der Waals surface area (Å²) in [7, 11) is 0. The summed E-state index contributed by atoms with van der Waals surface area (Å²) >= 11 is 0. The van der Waals surface area contributed by atoms with Gasteiger partial charge in [0.15, 0.2) is 0 Å². The number of unbranched alkanes of at least 4 members (excludes halogenated alkanes) is 1. The predicted molar refractivity (Wildman–Crippen MR) is 56.3 cm³/mol. The molecule has 0 spiro atoms. The van der Waals surface area contributed by atoms with Crippen molar-refractivity contribution in [3.8, 4) is 0 Å². The van der Waals surface area contributed by atoms with Crippen molar-refractivity contribution >= 4 is 12.0 Å². The van der Waals surface area contributed by atoms with Gasteiger partial charge in [-0.05, 0) is 6.42 Å². The monoisotopic (exact) mass is 217 g/mol. The fourth-order valence-corrected chi connectivity index (χ4v) is 0.846. The van der Waals surface area contributed by atoms with Crippen LogP contribution < -0.4 is 16.4 Å². The van der Waals surface area contributed by atoms with E-state index in [1.165, 1.54) is 0 Å². The van der Waals surface area contributed by atoms with Crippen molar-refractivity contribution in [3.05, 3.63) is 0 Å². The molecule has 0 rings (SSSR count). The zero-order valence-electron chi connectivity index (χ0n) is 9.04. The highest BCUT2D eigenvalue weighted by Crippen LogP contribution is 1.87. The van der Waals surface area contributed by atoms with E-state index in [4.69, 9.17) is 10.5 Å². The molecule has 0 atom stereocenters. The fraction of sp³-hybridized carbons (Fsp3) is 0.778. The molecule has 0 saturated heterocycles. The van der Waals surface area contributed by atoms with Crippen LogP contribution in [0.3, 0.4) is 0 Å². The third kappa shape index (κ3) is 10.6. The molecule has 0 aliphatic carbocycles. The molecule has 6 nitrogen and oxygen atoms in total. The topological polar surface area (TPSA) is 93.4 Å². The van der Waals surface area contributed by atoms with Crippen molar-refractivity contribution in [2.75, 3.05) is 26.2 Å². The molecule has 4 N–H and O–H groups in total. The third-order valence-corrected chi connectivity index (χ3v) is 1.63. The molecule has 0 aromatic rings. The van der Waals surface area contributed by atoms with E-state index >= 15 is 0 Å². The van der Waals surface area contributed by atoms with Gasteiger partial charge in [0.2, 0.25) is 0 Å². The van der Waals surface area contributed by atoms with Crippen LogP contribution in [-0.4, -0.2) is 38.2 Å². The van der Waals surface area contributed by atoms with Gasteiger partial charge in [-0.25, -0.2) is 4.79 Å². The van der Waals surface area contributed by atoms with E-state index in [9.17, 15) is 9.59 Å². The van der Waals surface area contributed by atoms with Crippen molar-refractivity contribution < 1.29 is 14.3 Å². The number of urea groups is 1. The van der Waals surface area contributed by atoms with Crippen molar-refractivity contribution in [3.63, 3.8) is 0 Å². The molecule has 0 aromatic carbocycles. The fourth-order valence-electron chi connectivity index (χ4n) is 0.846. The van der Waals surface area contributed by atoms with Crippen molar-refractivity contribution in [2.24, 2.45) is 5.73 Å². The molecule has 0 bridgehead atoms. The second kappa shape index (κ2) is 9.26. The Morgan fingerprint density at radius 2 is 2.07 bits per heavy atom. The number of carbonyl (C=O) groups is 2. The van der Waals surface area contributed by atoms with Gasteiger partial charge in [0.25, 0.3) is 0 Å². The van der Waals surface area contributed by atoms with Crippen molar-refractivity contribution in [1.82, 2.24) is 10.6 Å². The molecule has 0 unspecified atom stereocenters. The molecular formula is C9H19N3O3. The number of nitrogens with one attached hydrogen (secondary N) is 2. The van der Waals surface area contributed by atoms with Crippen LogP contribution in [0.1, 0.15) is 19.8 Å². The zero-order valence-corrected chi connectivity index (χ0v) is 9.04. The lowest BCUT2D eigenvalue weighted by Crippen LogP contribution is -2.37. The summed E-state index contributed by atoms with van der Waals surface area (Å²) in [5, 5.41) is 5.22. The molecule has 0 aliphatic heterocycles. The van der Waals surface area contributed by atoms with Crippen LogP contribution in [0, 0.1) is 0 Å². The normalized spacial score (nSPS) is 9.67. The third-order valence-electron chi connectivity index (χ3n) is 1.63. The van der Waals surface area contributed by atoms with E-state index in [0.717, 1.165) is 12.8 Å². The molecule has 0 aliphatic rings. The first kappa shape index (κ1) is 13.7. The smallest absolute Gasteiger partial charge is 0.319 e. The second-order valence-corrected chi connectivity index (χ2v) is 3.04. The van der Waals surface area contributed by atoms with E-state index in [2.05, 4.69) is 10.6 Å². The molecule has 0 fully saturated rings. The summed E-state index contributed by atoms with van der Waals surface area (Å²) < 4.78 is 4.90. The lowest BCUT2D eigenvalue weighted by atomic mass is 10.4. The van der Waals surface area contributed by atoms with Gasteiger partial charge in [-0.1, -0.05) is 13.3 Å². The van der Waals surface area contributed by atoms with Crippen LogP contribution in [0.15, 0.2) is 0 Å². The van der Waals surface area contributed by atoms with Gasteiger partial charge in [0.1, 0.15) is 0 Å². The number of carbonyl (C=O) groups excluding carboxylic acids is 2. The lowest BCUT2D eigenvalue weighted by molar-refractivity contribution is -0.142. The summed E-state index contributed by atoms with van der Waals surface area (Å²) in [6.07, 6.45) is 1.89. The highest BCUT2D eigenvalue weighted by molar-refractivity contribution is 5.72. The highest BCUT2D eigenvalue weighted by atomic mass is 16.5. The minimum atomic E-state index is -0.567. The molecule has 2 amide bonds. The SMILES string of the molecule is CCCCOC(=O)CNCCNC(N)=O. The Labute approximate surface area is 89.5 Å². The van der Waals surface area contributed by atoms with E-state index in [1.807, 2.05) is 6.92 Å². The molecule has 88 valence electrons. The maximum atomic E-state index is 11.0. The number of hydrogen-bond acceptors (Lipinski definition) is 4. The van der Waals surface area contributed by atoms with Gasteiger partial charge in [0.05, 0.1) is 13.2 Å². The Hall–Kier alpha value is -1.30. The van der Waals surface area contributed by atoms with Crippen LogP contribution in [0.5, 0.6) is 0 Å². The van der Waals surface area contributed by atoms with Gasteiger partial charge < -0.3 is 21.1 Å². The second-order valence-electron chi connectivity index (χ2n) is 3.04. The van der Waals surface area contributed by atoms with Crippen LogP contribution in [0.2, 0.25) is 0 Å². The summed E-state index contributed by atoms with van der Waals surface area (Å²) in [6, 6.07) is -0.567. The van der Waals surface area contributed by atoms with E-state index in [1.54, 1.807) is 0 Å². The number of nitrogens with two attached hydrogens (primary N) is 1. The summed E-state index contributed by atoms with van der Waals surface area (Å²) in [5.74, 6) is -0.275. The number of hydrogen-bond donors (Lipinski definition) is 3. The first-order chi connectivity index (χ1) is 7.16. The van der Waals surface area contributed by atoms with Crippen LogP contribution in [0.4, 0.5) is 4.79 Å². The standard InChI is InChI=1S/C9H19N3O3/c1-2-3-6-15-8(13)7-11-4-5-12-9(10)14/h11H,2-7H2,1H3,(H3,10,12,14). The van der Waals surface area contributed by atoms with E-state index in [0.29, 0.717) is 19.7 Å². The Kier molecular flexibility index (Phi) is 8.46. The minimum absolute atomic E-state index is 0.157. The van der Waals surface area contributed by atoms with Crippen LogP contribution in [0.25, 0.3) is 0 Å². The van der Waals surface area contributed by atoms with Gasteiger partial charge >= 0.3 is 12.0 Å². The lowest BCUT2D eigenvalue weighted by Gasteiger charge is -2.05. The number of primary amides is 1. The number of ether oxygens (including phenoxy) is 1. The molecule has 15 heavy (non-hydrogen) atoms. The first-order valence-electron chi connectivity index (χ1n) is 5.06. The number of esters is 1. The average Bonchev–Trinajstić information content (AvgIpc) is 2.17. The Balaban J connectivity index is 3.20. The Bertz CT molecular complexity index is 197. The van der Waals surface area contributed by atoms with Crippen molar-refractivity contribution in [2.45, 2.75) is 19.8 Å². The van der Waals surface area contributed by atoms with Crippen LogP contribution in [-0.2, 0) is 9.53 Å². The predicted octanol–water partition coefficient (Wildman–Crippen LogP) is -0.412. The Morgan fingerprint density at radius 1 is 1.33 bits per heavy atom. The molecular weight excluding hydrogens is 198 g/mol.